The van der Waals surface area contributed by atoms with Gasteiger partial charge in [-0.05, 0) is 13.0 Å². The van der Waals surface area contributed by atoms with Gasteiger partial charge in [-0.15, -0.1) is 0 Å². The Morgan fingerprint density at radius 2 is 1.79 bits per heavy atom. The van der Waals surface area contributed by atoms with Crippen LogP contribution < -0.4 is 5.32 Å². The quantitative estimate of drug-likeness (QED) is 0.329. The van der Waals surface area contributed by atoms with Crippen LogP contribution in [-0.4, -0.2) is 52.4 Å². The Morgan fingerprint density at radius 3 is 1.93 bits per heavy atom. The van der Waals surface area contributed by atoms with E-state index in [0.717, 1.165) is 0 Å². The lowest BCUT2D eigenvalue weighted by molar-refractivity contribution is -0.141. The molecule has 84 valence electrons. The van der Waals surface area contributed by atoms with Crippen LogP contribution >= 0.6 is 0 Å². The summed E-state index contributed by atoms with van der Waals surface area (Å²) in [5, 5.41) is 19.9. The van der Waals surface area contributed by atoms with Crippen molar-refractivity contribution in [3.05, 3.63) is 0 Å². The summed E-state index contributed by atoms with van der Waals surface area (Å²) in [5.41, 5.74) is 0. The van der Waals surface area contributed by atoms with Crippen LogP contribution in [0.4, 0.5) is 0 Å². The minimum Gasteiger partial charge on any atom is -0.480 e. The molecule has 8 nitrogen and oxygen atoms in total. The number of carboxylic acids is 1. The van der Waals surface area contributed by atoms with Gasteiger partial charge in [-0.2, -0.15) is 8.42 Å². The van der Waals surface area contributed by atoms with Crippen molar-refractivity contribution < 1.29 is 32.5 Å². The van der Waals surface area contributed by atoms with E-state index in [2.05, 4.69) is 5.32 Å². The van der Waals surface area contributed by atoms with Crippen LogP contribution in [0, 0.1) is 0 Å². The second-order valence-electron chi connectivity index (χ2n) is 2.57. The van der Waals surface area contributed by atoms with E-state index in [0.29, 0.717) is 13.0 Å². The number of hydrogen-bond acceptors (Lipinski definition) is 5. The summed E-state index contributed by atoms with van der Waals surface area (Å²) in [4.78, 5) is 10.2. The Labute approximate surface area is 80.1 Å². The molecule has 0 amide bonds. The maximum atomic E-state index is 10.2. The highest BCUT2D eigenvalue weighted by molar-refractivity contribution is 7.79. The molecule has 1 unspecified atom stereocenters. The first kappa shape index (κ1) is 13.3. The van der Waals surface area contributed by atoms with Crippen LogP contribution in [0.1, 0.15) is 6.42 Å². The number of carboxylic acid groups (broad SMARTS) is 1. The van der Waals surface area contributed by atoms with Gasteiger partial charge in [0.1, 0.15) is 6.04 Å². The Balaban J connectivity index is 0.000000292. The highest BCUT2D eigenvalue weighted by Crippen LogP contribution is 2.05. The number of nitrogens with one attached hydrogen (secondary N) is 1. The first-order valence-electron chi connectivity index (χ1n) is 3.56. The highest BCUT2D eigenvalue weighted by Gasteiger charge is 2.30. The zero-order valence-electron chi connectivity index (χ0n) is 6.99. The molecule has 0 aromatic rings. The van der Waals surface area contributed by atoms with Crippen LogP contribution in [0.15, 0.2) is 0 Å². The molecule has 0 radical (unpaired) electrons. The lowest BCUT2D eigenvalue weighted by Gasteiger charge is -2.06. The molecular weight excluding hydrogens is 218 g/mol. The van der Waals surface area contributed by atoms with Gasteiger partial charge in [-0.3, -0.25) is 13.9 Å². The Bertz CT molecular complexity index is 278. The van der Waals surface area contributed by atoms with E-state index >= 15 is 0 Å². The number of hydrogen-bond donors (Lipinski definition) is 5. The molecule has 0 bridgehead atoms. The van der Waals surface area contributed by atoms with Gasteiger partial charge in [0.05, 0.1) is 6.10 Å². The zero-order chi connectivity index (χ0) is 11.4. The van der Waals surface area contributed by atoms with Crippen molar-refractivity contribution in [2.45, 2.75) is 18.6 Å². The number of carbonyl (C=O) groups is 1. The van der Waals surface area contributed by atoms with E-state index in [1.807, 2.05) is 0 Å². The van der Waals surface area contributed by atoms with E-state index in [1.54, 1.807) is 0 Å². The molecule has 0 saturated carbocycles. The molecule has 1 aliphatic heterocycles. The first-order chi connectivity index (χ1) is 6.22. The fraction of sp³-hybridized carbons (Fsp3) is 0.800. The summed E-state index contributed by atoms with van der Waals surface area (Å²) in [6.07, 6.45) is -0.167. The predicted molar refractivity (Wildman–Crippen MR) is 44.2 cm³/mol. The Kier molecular flexibility index (Phi) is 4.94. The van der Waals surface area contributed by atoms with Crippen molar-refractivity contribution in [1.82, 2.24) is 5.32 Å². The van der Waals surface area contributed by atoms with Gasteiger partial charge in [-0.1, -0.05) is 0 Å². The molecule has 1 saturated heterocycles. The number of rotatable bonds is 1. The fourth-order valence-corrected chi connectivity index (χ4v) is 0.941. The molecule has 0 aliphatic carbocycles. The van der Waals surface area contributed by atoms with Gasteiger partial charge in [0.25, 0.3) is 0 Å². The monoisotopic (exact) mass is 229 g/mol. The molecule has 0 aromatic carbocycles. The van der Waals surface area contributed by atoms with E-state index in [-0.39, 0.29) is 0 Å². The lowest BCUT2D eigenvalue weighted by atomic mass is 10.2. The first-order valence-corrected chi connectivity index (χ1v) is 4.95. The average Bonchev–Trinajstić information content (AvgIpc) is 2.30. The molecule has 1 aliphatic rings. The summed E-state index contributed by atoms with van der Waals surface area (Å²) in [6.45, 7) is 0.595. The minimum absolute atomic E-state index is 0.539. The summed E-state index contributed by atoms with van der Waals surface area (Å²) < 4.78 is 31.6. The predicted octanol–water partition coefficient (Wildman–Crippen LogP) is -1.86. The summed E-state index contributed by atoms with van der Waals surface area (Å²) in [5.74, 6) is -0.972. The van der Waals surface area contributed by atoms with Crippen LogP contribution in [0.25, 0.3) is 0 Å². The van der Waals surface area contributed by atoms with E-state index < -0.39 is 28.5 Å². The smallest absolute Gasteiger partial charge is 0.394 e. The van der Waals surface area contributed by atoms with Crippen LogP contribution in [0.2, 0.25) is 0 Å². The van der Waals surface area contributed by atoms with E-state index in [4.69, 9.17) is 27.7 Å². The minimum atomic E-state index is -4.67. The molecule has 14 heavy (non-hydrogen) atoms. The second-order valence-corrected chi connectivity index (χ2v) is 3.47. The Hall–Kier alpha value is -0.740. The lowest BCUT2D eigenvalue weighted by Crippen LogP contribution is -2.38. The average molecular weight is 229 g/mol. The maximum Gasteiger partial charge on any atom is 0.394 e. The highest BCUT2D eigenvalue weighted by atomic mass is 32.3. The molecule has 0 spiro atoms. The van der Waals surface area contributed by atoms with Crippen molar-refractivity contribution >= 4 is 16.4 Å². The van der Waals surface area contributed by atoms with Gasteiger partial charge in [0, 0.05) is 0 Å². The van der Waals surface area contributed by atoms with Crippen LogP contribution in [-0.2, 0) is 15.2 Å². The van der Waals surface area contributed by atoms with Crippen molar-refractivity contribution in [3.63, 3.8) is 0 Å². The second kappa shape index (κ2) is 5.22. The third-order valence-electron chi connectivity index (χ3n) is 1.46. The zero-order valence-corrected chi connectivity index (χ0v) is 7.81. The Morgan fingerprint density at radius 1 is 1.36 bits per heavy atom. The molecule has 5 N–H and O–H groups in total. The number of aliphatic carboxylic acids is 1. The van der Waals surface area contributed by atoms with Crippen molar-refractivity contribution in [2.24, 2.45) is 0 Å². The van der Waals surface area contributed by atoms with Gasteiger partial charge in [0.2, 0.25) is 0 Å². The molecule has 0 aromatic heterocycles. The fourth-order valence-electron chi connectivity index (χ4n) is 0.941. The van der Waals surface area contributed by atoms with Crippen LogP contribution in [0.3, 0.4) is 0 Å². The van der Waals surface area contributed by atoms with E-state index in [1.165, 1.54) is 0 Å². The maximum absolute atomic E-state index is 10.2. The third-order valence-corrected chi connectivity index (χ3v) is 1.46. The molecule has 1 fully saturated rings. The number of aliphatic hydroxyl groups excluding tert-OH is 1. The van der Waals surface area contributed by atoms with Crippen LogP contribution in [0.5, 0.6) is 0 Å². The largest absolute Gasteiger partial charge is 0.480 e. The molecule has 2 atom stereocenters. The van der Waals surface area contributed by atoms with Crippen molar-refractivity contribution in [1.29, 1.82) is 0 Å². The van der Waals surface area contributed by atoms with Gasteiger partial charge in [0.15, 0.2) is 0 Å². The summed E-state index contributed by atoms with van der Waals surface area (Å²) >= 11 is 0. The molecule has 1 rings (SSSR count). The van der Waals surface area contributed by atoms with E-state index in [9.17, 15) is 4.79 Å². The molecular formula is C5H11NO7S. The normalized spacial score (nSPS) is 26.5. The van der Waals surface area contributed by atoms with Gasteiger partial charge >= 0.3 is 16.4 Å². The SMILES string of the molecule is O=C(O)[C@H]1NCCC1O.O=S(=O)(O)O. The van der Waals surface area contributed by atoms with Crippen molar-refractivity contribution in [3.8, 4) is 0 Å². The van der Waals surface area contributed by atoms with Gasteiger partial charge < -0.3 is 15.5 Å². The molecule has 1 heterocycles. The topological polar surface area (TPSA) is 144 Å². The number of aliphatic hydroxyl groups is 1. The van der Waals surface area contributed by atoms with Crippen molar-refractivity contribution in [2.75, 3.05) is 6.54 Å². The summed E-state index contributed by atoms with van der Waals surface area (Å²) in [7, 11) is -4.67. The third kappa shape index (κ3) is 6.74. The van der Waals surface area contributed by atoms with Gasteiger partial charge in [-0.25, -0.2) is 0 Å². The molecule has 9 heteroatoms. The summed E-state index contributed by atoms with van der Waals surface area (Å²) in [6, 6.07) is -0.745. The standard InChI is InChI=1S/C5H9NO3.H2O4S/c7-3-1-2-6-4(3)5(8)9;1-5(2,3)4/h3-4,6-7H,1-2H2,(H,8,9);(H2,1,2,3,4)/t3?,4-;/m0./s1.